The third kappa shape index (κ3) is 4.93. The highest BCUT2D eigenvalue weighted by atomic mass is 79.9. The standard InChI is InChI=1S/C18H17BrFNO2/c1-21(12-14-6-8-17(23-2)16(20)11-14)18(22)9-7-13-4-3-5-15(19)10-13/h3-11H,12H2,1-2H3/b9-7+. The van der Waals surface area contributed by atoms with Crippen molar-refractivity contribution < 1.29 is 13.9 Å². The van der Waals surface area contributed by atoms with Crippen molar-refractivity contribution >= 4 is 27.9 Å². The van der Waals surface area contributed by atoms with Gasteiger partial charge in [-0.2, -0.15) is 0 Å². The van der Waals surface area contributed by atoms with Gasteiger partial charge in [-0.05, 0) is 41.5 Å². The lowest BCUT2D eigenvalue weighted by Gasteiger charge is -2.15. The molecule has 0 fully saturated rings. The molecule has 0 bridgehead atoms. The molecule has 0 spiro atoms. The molecular weight excluding hydrogens is 361 g/mol. The van der Waals surface area contributed by atoms with Crippen LogP contribution in [0.1, 0.15) is 11.1 Å². The summed E-state index contributed by atoms with van der Waals surface area (Å²) in [5, 5.41) is 0. The molecule has 0 radical (unpaired) electrons. The summed E-state index contributed by atoms with van der Waals surface area (Å²) in [6.07, 6.45) is 3.25. The summed E-state index contributed by atoms with van der Waals surface area (Å²) < 4.78 is 19.5. The number of nitrogens with zero attached hydrogens (tertiary/aromatic N) is 1. The Hall–Kier alpha value is -2.14. The van der Waals surface area contributed by atoms with E-state index in [1.807, 2.05) is 24.3 Å². The SMILES string of the molecule is COc1ccc(CN(C)C(=O)/C=C/c2cccc(Br)c2)cc1F. The second kappa shape index (κ2) is 7.92. The van der Waals surface area contributed by atoms with Crippen LogP contribution in [-0.4, -0.2) is 25.0 Å². The van der Waals surface area contributed by atoms with E-state index in [-0.39, 0.29) is 11.7 Å². The van der Waals surface area contributed by atoms with Gasteiger partial charge in [-0.3, -0.25) is 4.79 Å². The summed E-state index contributed by atoms with van der Waals surface area (Å²) in [6, 6.07) is 12.3. The lowest BCUT2D eigenvalue weighted by molar-refractivity contribution is -0.125. The Morgan fingerprint density at radius 1 is 1.30 bits per heavy atom. The number of amides is 1. The van der Waals surface area contributed by atoms with Gasteiger partial charge in [0.25, 0.3) is 0 Å². The van der Waals surface area contributed by atoms with E-state index < -0.39 is 5.82 Å². The Morgan fingerprint density at radius 2 is 2.09 bits per heavy atom. The molecule has 0 N–H and O–H groups in total. The lowest BCUT2D eigenvalue weighted by Crippen LogP contribution is -2.24. The van der Waals surface area contributed by atoms with Crippen molar-refractivity contribution in [1.29, 1.82) is 0 Å². The van der Waals surface area contributed by atoms with Crippen LogP contribution in [0.3, 0.4) is 0 Å². The number of ether oxygens (including phenoxy) is 1. The van der Waals surface area contributed by atoms with Crippen molar-refractivity contribution in [1.82, 2.24) is 4.90 Å². The van der Waals surface area contributed by atoms with E-state index in [2.05, 4.69) is 15.9 Å². The molecule has 5 heteroatoms. The van der Waals surface area contributed by atoms with Crippen molar-refractivity contribution in [2.75, 3.05) is 14.2 Å². The fourth-order valence-electron chi connectivity index (χ4n) is 2.07. The van der Waals surface area contributed by atoms with Crippen LogP contribution >= 0.6 is 15.9 Å². The zero-order chi connectivity index (χ0) is 16.8. The Balaban J connectivity index is 2.01. The van der Waals surface area contributed by atoms with Crippen LogP contribution in [0.4, 0.5) is 4.39 Å². The van der Waals surface area contributed by atoms with Crippen molar-refractivity contribution in [2.45, 2.75) is 6.54 Å². The van der Waals surface area contributed by atoms with E-state index >= 15 is 0 Å². The average Bonchev–Trinajstić information content (AvgIpc) is 2.53. The number of rotatable bonds is 5. The highest BCUT2D eigenvalue weighted by Gasteiger charge is 2.08. The van der Waals surface area contributed by atoms with Gasteiger partial charge < -0.3 is 9.64 Å². The second-order valence-corrected chi connectivity index (χ2v) is 5.97. The molecule has 0 saturated heterocycles. The highest BCUT2D eigenvalue weighted by Crippen LogP contribution is 2.18. The summed E-state index contributed by atoms with van der Waals surface area (Å²) in [6.45, 7) is 0.322. The number of hydrogen-bond acceptors (Lipinski definition) is 2. The number of halogens is 2. The van der Waals surface area contributed by atoms with E-state index in [0.29, 0.717) is 12.1 Å². The molecule has 3 nitrogen and oxygen atoms in total. The van der Waals surface area contributed by atoms with Crippen LogP contribution in [0.25, 0.3) is 6.08 Å². The predicted octanol–water partition coefficient (Wildman–Crippen LogP) is 4.27. The van der Waals surface area contributed by atoms with Gasteiger partial charge in [-0.25, -0.2) is 4.39 Å². The average molecular weight is 378 g/mol. The Morgan fingerprint density at radius 3 is 2.74 bits per heavy atom. The number of carbonyl (C=O) groups excluding carboxylic acids is 1. The molecular formula is C18H17BrFNO2. The van der Waals surface area contributed by atoms with Crippen LogP contribution in [0.5, 0.6) is 5.75 Å². The molecule has 23 heavy (non-hydrogen) atoms. The molecule has 0 heterocycles. The maximum absolute atomic E-state index is 13.7. The molecule has 2 aromatic carbocycles. The first-order valence-corrected chi connectivity index (χ1v) is 7.80. The molecule has 0 aliphatic carbocycles. The summed E-state index contributed by atoms with van der Waals surface area (Å²) in [7, 11) is 3.09. The van der Waals surface area contributed by atoms with Gasteiger partial charge in [0.1, 0.15) is 0 Å². The minimum absolute atomic E-state index is 0.152. The third-order valence-electron chi connectivity index (χ3n) is 3.28. The number of benzene rings is 2. The van der Waals surface area contributed by atoms with Crippen LogP contribution in [-0.2, 0) is 11.3 Å². The fourth-order valence-corrected chi connectivity index (χ4v) is 2.48. The first-order chi connectivity index (χ1) is 11.0. The lowest BCUT2D eigenvalue weighted by atomic mass is 10.2. The minimum atomic E-state index is -0.435. The highest BCUT2D eigenvalue weighted by molar-refractivity contribution is 9.10. The van der Waals surface area contributed by atoms with Crippen molar-refractivity contribution in [3.63, 3.8) is 0 Å². The third-order valence-corrected chi connectivity index (χ3v) is 3.77. The fraction of sp³-hybridized carbons (Fsp3) is 0.167. The molecule has 0 aliphatic heterocycles. The van der Waals surface area contributed by atoms with Gasteiger partial charge >= 0.3 is 0 Å². The topological polar surface area (TPSA) is 29.5 Å². The molecule has 0 aromatic heterocycles. The zero-order valence-corrected chi connectivity index (χ0v) is 14.5. The first kappa shape index (κ1) is 17.2. The zero-order valence-electron chi connectivity index (χ0n) is 12.9. The van der Waals surface area contributed by atoms with Gasteiger partial charge in [0.15, 0.2) is 11.6 Å². The summed E-state index contributed by atoms with van der Waals surface area (Å²) in [5.41, 5.74) is 1.63. The molecule has 0 atom stereocenters. The van der Waals surface area contributed by atoms with E-state index in [9.17, 15) is 9.18 Å². The van der Waals surface area contributed by atoms with Crippen molar-refractivity contribution in [2.24, 2.45) is 0 Å². The number of likely N-dealkylation sites (N-methyl/N-ethyl adjacent to an activating group) is 1. The molecule has 0 aliphatic rings. The first-order valence-electron chi connectivity index (χ1n) is 7.01. The van der Waals surface area contributed by atoms with Crippen LogP contribution < -0.4 is 4.74 Å². The summed E-state index contributed by atoms with van der Waals surface area (Å²) in [4.78, 5) is 13.6. The number of hydrogen-bond donors (Lipinski definition) is 0. The molecule has 0 unspecified atom stereocenters. The van der Waals surface area contributed by atoms with Crippen LogP contribution in [0, 0.1) is 5.82 Å². The van der Waals surface area contributed by atoms with Crippen LogP contribution in [0.15, 0.2) is 53.0 Å². The maximum atomic E-state index is 13.7. The normalized spacial score (nSPS) is 10.8. The summed E-state index contributed by atoms with van der Waals surface area (Å²) >= 11 is 3.39. The molecule has 120 valence electrons. The molecule has 2 aromatic rings. The van der Waals surface area contributed by atoms with Gasteiger partial charge in [0, 0.05) is 24.1 Å². The Kier molecular flexibility index (Phi) is 5.93. The van der Waals surface area contributed by atoms with Crippen LogP contribution in [0.2, 0.25) is 0 Å². The van der Waals surface area contributed by atoms with Gasteiger partial charge in [0.2, 0.25) is 5.91 Å². The van der Waals surface area contributed by atoms with E-state index in [1.54, 1.807) is 25.3 Å². The van der Waals surface area contributed by atoms with E-state index in [1.165, 1.54) is 24.2 Å². The van der Waals surface area contributed by atoms with Crippen molar-refractivity contribution in [3.8, 4) is 5.75 Å². The van der Waals surface area contributed by atoms with Gasteiger partial charge in [-0.15, -0.1) is 0 Å². The van der Waals surface area contributed by atoms with Crippen molar-refractivity contribution in [3.05, 3.63) is 70.0 Å². The quantitative estimate of drug-likeness (QED) is 0.728. The maximum Gasteiger partial charge on any atom is 0.246 e. The van der Waals surface area contributed by atoms with E-state index in [0.717, 1.165) is 10.0 Å². The Bertz CT molecular complexity index is 731. The van der Waals surface area contributed by atoms with Gasteiger partial charge in [0.05, 0.1) is 7.11 Å². The van der Waals surface area contributed by atoms with Gasteiger partial charge in [-0.1, -0.05) is 34.1 Å². The minimum Gasteiger partial charge on any atom is -0.494 e. The molecule has 1 amide bonds. The monoisotopic (exact) mass is 377 g/mol. The predicted molar refractivity (Wildman–Crippen MR) is 92.6 cm³/mol. The number of carbonyl (C=O) groups is 1. The number of methoxy groups -OCH3 is 1. The Labute approximate surface area is 143 Å². The molecule has 0 saturated carbocycles. The summed E-state index contributed by atoms with van der Waals surface area (Å²) in [5.74, 6) is -0.394. The smallest absolute Gasteiger partial charge is 0.246 e. The second-order valence-electron chi connectivity index (χ2n) is 5.05. The largest absolute Gasteiger partial charge is 0.494 e. The van der Waals surface area contributed by atoms with E-state index in [4.69, 9.17) is 4.74 Å². The molecule has 2 rings (SSSR count).